The number of aliphatic hydroxyl groups is 1. The summed E-state index contributed by atoms with van der Waals surface area (Å²) >= 11 is 0. The van der Waals surface area contributed by atoms with Crippen molar-refractivity contribution >= 4 is 47.3 Å². The molecule has 2 saturated carbocycles. The minimum absolute atomic E-state index is 0.0754. The molecule has 1 aliphatic heterocycles. The second-order valence-corrected chi connectivity index (χ2v) is 17.6. The normalized spacial score (nSPS) is 30.6. The van der Waals surface area contributed by atoms with Gasteiger partial charge in [-0.15, -0.1) is 0 Å². The first-order valence-electron chi connectivity index (χ1n) is 21.0. The van der Waals surface area contributed by atoms with E-state index in [0.29, 0.717) is 22.4 Å². The molecule has 3 aliphatic carbocycles. The molecule has 1 saturated heterocycles. The standard InChI is InChI=1S/C49H53NO13/c1-28-36(60-29(2)51)25-49(57)44(58-26-33-15-10-8-11-16-33)42-47(7,43(55)41(61-30(3)52)40(28)46(49,5)6)37(24-38-48(42,27-59-38)63-31(4)53)62-39(54)22-21-32-17-14-20-35(23-32)50-45(56)34-18-12-9-13-19-34/h8-23,36-38,41-42,44,57H,24-27H2,1-7H3,(H,50,56)/b22-21+/t36-,37-,38+,41+,42-,44-,47+,48-,49+/m0/s1. The van der Waals surface area contributed by atoms with Gasteiger partial charge in [0.2, 0.25) is 0 Å². The van der Waals surface area contributed by atoms with Crippen molar-refractivity contribution in [1.29, 1.82) is 0 Å². The molecule has 63 heavy (non-hydrogen) atoms. The summed E-state index contributed by atoms with van der Waals surface area (Å²) in [5.74, 6) is -5.33. The summed E-state index contributed by atoms with van der Waals surface area (Å²) < 4.78 is 37.3. The van der Waals surface area contributed by atoms with E-state index in [1.54, 1.807) is 76.2 Å². The molecule has 4 aliphatic rings. The smallest absolute Gasteiger partial charge is 0.331 e. The number of nitrogens with one attached hydrogen (secondary N) is 1. The van der Waals surface area contributed by atoms with E-state index >= 15 is 4.79 Å². The van der Waals surface area contributed by atoms with Gasteiger partial charge >= 0.3 is 23.9 Å². The lowest BCUT2D eigenvalue weighted by Gasteiger charge is -2.68. The van der Waals surface area contributed by atoms with Crippen LogP contribution in [0, 0.1) is 16.7 Å². The first-order chi connectivity index (χ1) is 29.8. The molecule has 3 fully saturated rings. The van der Waals surface area contributed by atoms with Crippen molar-refractivity contribution in [2.75, 3.05) is 11.9 Å². The van der Waals surface area contributed by atoms with Crippen LogP contribution in [0.5, 0.6) is 0 Å². The summed E-state index contributed by atoms with van der Waals surface area (Å²) in [5.41, 5.74) is -4.16. The Labute approximate surface area is 365 Å². The molecule has 0 unspecified atom stereocenters. The fourth-order valence-electron chi connectivity index (χ4n) is 10.3. The second kappa shape index (κ2) is 17.3. The maximum absolute atomic E-state index is 15.9. The van der Waals surface area contributed by atoms with Crippen molar-refractivity contribution in [1.82, 2.24) is 0 Å². The van der Waals surface area contributed by atoms with Gasteiger partial charge in [0, 0.05) is 62.3 Å². The van der Waals surface area contributed by atoms with Crippen LogP contribution in [-0.2, 0) is 59.0 Å². The van der Waals surface area contributed by atoms with Gasteiger partial charge in [-0.3, -0.25) is 24.0 Å². The Kier molecular flexibility index (Phi) is 12.4. The van der Waals surface area contributed by atoms with Gasteiger partial charge in [-0.05, 0) is 66.5 Å². The van der Waals surface area contributed by atoms with E-state index in [4.69, 9.17) is 28.4 Å². The summed E-state index contributed by atoms with van der Waals surface area (Å²) in [7, 11) is 0. The number of ether oxygens (including phenoxy) is 6. The number of carbonyl (C=O) groups excluding carboxylic acids is 6. The predicted octanol–water partition coefficient (Wildman–Crippen LogP) is 6.10. The Morgan fingerprint density at radius 1 is 0.857 bits per heavy atom. The number of anilines is 1. The minimum Gasteiger partial charge on any atom is -0.458 e. The molecule has 1 amide bonds. The fraction of sp³-hybridized carbons (Fsp3) is 0.429. The zero-order valence-electron chi connectivity index (χ0n) is 36.4. The molecule has 7 rings (SSSR count). The molecule has 2 bridgehead atoms. The summed E-state index contributed by atoms with van der Waals surface area (Å²) in [6, 6.07) is 24.7. The molecule has 332 valence electrons. The average molecular weight is 864 g/mol. The number of benzene rings is 3. The van der Waals surface area contributed by atoms with Crippen LogP contribution in [0.2, 0.25) is 0 Å². The monoisotopic (exact) mass is 863 g/mol. The molecule has 14 nitrogen and oxygen atoms in total. The topological polar surface area (TPSA) is 190 Å². The number of rotatable bonds is 11. The van der Waals surface area contributed by atoms with E-state index in [1.807, 2.05) is 36.4 Å². The van der Waals surface area contributed by atoms with Crippen molar-refractivity contribution in [3.8, 4) is 0 Å². The van der Waals surface area contributed by atoms with Gasteiger partial charge in [0.05, 0.1) is 24.7 Å². The number of amides is 1. The van der Waals surface area contributed by atoms with E-state index in [-0.39, 0.29) is 37.5 Å². The van der Waals surface area contributed by atoms with Gasteiger partial charge in [0.15, 0.2) is 17.5 Å². The van der Waals surface area contributed by atoms with Crippen LogP contribution in [0.1, 0.15) is 82.8 Å². The molecule has 0 aromatic heterocycles. The molecule has 0 radical (unpaired) electrons. The summed E-state index contributed by atoms with van der Waals surface area (Å²) in [6.45, 7) is 9.99. The number of Topliss-reactive ketones (excluding diaryl/α,β-unsaturated/α-hetero) is 1. The van der Waals surface area contributed by atoms with Crippen LogP contribution >= 0.6 is 0 Å². The predicted molar refractivity (Wildman–Crippen MR) is 227 cm³/mol. The third-order valence-electron chi connectivity index (χ3n) is 13.3. The zero-order valence-corrected chi connectivity index (χ0v) is 36.4. The summed E-state index contributed by atoms with van der Waals surface area (Å²) in [6.07, 6.45) is -4.09. The third-order valence-corrected chi connectivity index (χ3v) is 13.3. The molecular weight excluding hydrogens is 811 g/mol. The van der Waals surface area contributed by atoms with Gasteiger partial charge in [-0.2, -0.15) is 0 Å². The van der Waals surface area contributed by atoms with E-state index in [0.717, 1.165) is 12.5 Å². The minimum atomic E-state index is -2.04. The molecule has 0 spiro atoms. The largest absolute Gasteiger partial charge is 0.458 e. The molecule has 9 atom stereocenters. The Morgan fingerprint density at radius 3 is 2.14 bits per heavy atom. The third kappa shape index (κ3) is 8.23. The number of ketones is 1. The Morgan fingerprint density at radius 2 is 1.52 bits per heavy atom. The van der Waals surface area contributed by atoms with Crippen LogP contribution < -0.4 is 5.32 Å². The highest BCUT2D eigenvalue weighted by molar-refractivity contribution is 6.04. The van der Waals surface area contributed by atoms with Crippen molar-refractivity contribution in [2.45, 2.75) is 110 Å². The van der Waals surface area contributed by atoms with Crippen molar-refractivity contribution < 1.29 is 62.3 Å². The molecule has 2 N–H and O–H groups in total. The SMILES string of the molecule is CC(=O)O[C@H]1C(=O)[C@]2(C)[C@@H](OC(=O)/C=C/c3cccc(NC(=O)c4ccccc4)c3)C[C@H]3OC[C@@]3(OC(C)=O)[C@H]2[C@H](OCc2ccccc2)[C@]2(O)C[C@H](OC(C)=O)C(C)=C1C2(C)C. The zero-order chi connectivity index (χ0) is 45.5. The van der Waals surface area contributed by atoms with Crippen LogP contribution in [0.3, 0.4) is 0 Å². The Hall–Kier alpha value is -5.96. The second-order valence-electron chi connectivity index (χ2n) is 17.6. The summed E-state index contributed by atoms with van der Waals surface area (Å²) in [5, 5.41) is 16.5. The molecule has 3 aromatic rings. The highest BCUT2D eigenvalue weighted by Crippen LogP contribution is 2.65. The number of esters is 4. The quantitative estimate of drug-likeness (QED) is 0.0975. The molecule has 3 aromatic carbocycles. The highest BCUT2D eigenvalue weighted by Gasteiger charge is 2.78. The summed E-state index contributed by atoms with van der Waals surface area (Å²) in [4.78, 5) is 81.6. The Bertz CT molecular complexity index is 2360. The molecular formula is C49H53NO13. The lowest BCUT2D eigenvalue weighted by Crippen LogP contribution is -2.82. The van der Waals surface area contributed by atoms with E-state index in [9.17, 15) is 29.1 Å². The lowest BCUT2D eigenvalue weighted by molar-refractivity contribution is -0.352. The highest BCUT2D eigenvalue weighted by atomic mass is 16.6. The van der Waals surface area contributed by atoms with Crippen LogP contribution in [0.4, 0.5) is 5.69 Å². The molecule has 14 heteroatoms. The van der Waals surface area contributed by atoms with Crippen molar-refractivity contribution in [2.24, 2.45) is 16.7 Å². The van der Waals surface area contributed by atoms with E-state index in [2.05, 4.69) is 5.32 Å². The number of hydrogen-bond donors (Lipinski definition) is 2. The number of hydrogen-bond acceptors (Lipinski definition) is 13. The van der Waals surface area contributed by atoms with Gasteiger partial charge in [-0.1, -0.05) is 74.5 Å². The van der Waals surface area contributed by atoms with Crippen LogP contribution in [-0.4, -0.2) is 89.0 Å². The number of fused-ring (bicyclic) bond motifs is 5. The number of carbonyl (C=O) groups is 6. The van der Waals surface area contributed by atoms with E-state index < -0.39 is 88.1 Å². The maximum atomic E-state index is 15.9. The van der Waals surface area contributed by atoms with Gasteiger partial charge in [0.1, 0.15) is 23.9 Å². The van der Waals surface area contributed by atoms with Crippen LogP contribution in [0.15, 0.2) is 102 Å². The van der Waals surface area contributed by atoms with Crippen molar-refractivity contribution in [3.63, 3.8) is 0 Å². The van der Waals surface area contributed by atoms with E-state index in [1.165, 1.54) is 26.0 Å². The van der Waals surface area contributed by atoms with Crippen molar-refractivity contribution in [3.05, 3.63) is 119 Å². The first-order valence-corrected chi connectivity index (χ1v) is 21.0. The van der Waals surface area contributed by atoms with Gasteiger partial charge in [0.25, 0.3) is 5.91 Å². The lowest BCUT2D eigenvalue weighted by atomic mass is 9.44. The van der Waals surface area contributed by atoms with Gasteiger partial charge < -0.3 is 38.8 Å². The van der Waals surface area contributed by atoms with Gasteiger partial charge in [-0.25, -0.2) is 4.79 Å². The maximum Gasteiger partial charge on any atom is 0.331 e. The average Bonchev–Trinajstić information content (AvgIpc) is 3.22. The molecule has 1 heterocycles. The first kappa shape index (κ1) is 45.1. The van der Waals surface area contributed by atoms with Crippen LogP contribution in [0.25, 0.3) is 6.08 Å². The Balaban J connectivity index is 1.35. The fourth-order valence-corrected chi connectivity index (χ4v) is 10.3.